The first-order chi connectivity index (χ1) is 45.9. The molecule has 0 aromatic heterocycles. The Bertz CT molecular complexity index is 1080. The first-order valence-corrected chi connectivity index (χ1v) is 45.9. The van der Waals surface area contributed by atoms with Crippen molar-refractivity contribution in [1.82, 2.24) is 0 Å². The maximum absolute atomic E-state index is 2.32. The number of rotatable bonds is 89. The molecule has 0 saturated carbocycles. The molecule has 0 bridgehead atoms. The van der Waals surface area contributed by atoms with Crippen molar-refractivity contribution in [2.45, 2.75) is 592 Å². The summed E-state index contributed by atoms with van der Waals surface area (Å²) in [4.78, 5) is 0. The number of hydrogen-bond donors (Lipinski definition) is 0. The topological polar surface area (TPSA) is 0 Å². The molecule has 0 aliphatic heterocycles. The second-order valence-corrected chi connectivity index (χ2v) is 32.1. The van der Waals surface area contributed by atoms with Gasteiger partial charge in [0.25, 0.3) is 0 Å². The molecular weight excluding hydrogens is 1110 g/mol. The third-order valence-electron chi connectivity index (χ3n) is 22.5. The van der Waals surface area contributed by atoms with E-state index >= 15 is 0 Å². The molecule has 0 spiro atoms. The van der Waals surface area contributed by atoms with Crippen LogP contribution in [0.2, 0.25) is 0 Å². The Morgan fingerprint density at radius 1 is 0.0543 bits per heavy atom. The van der Waals surface area contributed by atoms with Crippen molar-refractivity contribution in [1.29, 1.82) is 0 Å². The number of hydrogen-bond acceptors (Lipinski definition) is 0. The second-order valence-electron chi connectivity index (χ2n) is 32.1. The van der Waals surface area contributed by atoms with Gasteiger partial charge in [0, 0.05) is 0 Å². The van der Waals surface area contributed by atoms with E-state index in [1.165, 1.54) is 578 Å². The lowest BCUT2D eigenvalue weighted by Crippen LogP contribution is -1.85. The van der Waals surface area contributed by atoms with Gasteiger partial charge in [-0.3, -0.25) is 0 Å². The summed E-state index contributed by atoms with van der Waals surface area (Å²) >= 11 is 0. The highest BCUT2D eigenvalue weighted by atomic mass is 14.1. The first-order valence-electron chi connectivity index (χ1n) is 45.9. The maximum atomic E-state index is 2.32. The van der Waals surface area contributed by atoms with E-state index in [0.29, 0.717) is 0 Å². The highest BCUT2D eigenvalue weighted by molar-refractivity contribution is 4.59. The van der Waals surface area contributed by atoms with E-state index in [-0.39, 0.29) is 0 Å². The molecule has 0 heteroatoms. The predicted octanol–water partition coefficient (Wildman–Crippen LogP) is 36.1. The summed E-state index contributed by atoms with van der Waals surface area (Å²) in [5.74, 6) is 0. The molecule has 0 aliphatic carbocycles. The molecule has 0 N–H and O–H groups in total. The molecule has 0 aromatic rings. The standard InChI is InChI=1S/C92H186/c1-3-5-7-9-11-13-15-17-19-21-23-25-27-29-31-33-35-37-39-41-43-45-47-49-51-53-55-57-59-61-63-65-67-69-71-73-75-77-79-81-83-85-87-89-91-92-90-88-86-84-82-80-78-76-74-72-70-68-66-64-62-60-58-56-54-52-50-48-46-44-42-40-38-36-34-32-30-28-26-24-22-20-18-16-14-12-10-8-6-4-2/h3-92H2,1-2H3. The molecule has 92 heavy (non-hydrogen) atoms. The monoisotopic (exact) mass is 1290 g/mol. The third kappa shape index (κ3) is 90.0. The van der Waals surface area contributed by atoms with Crippen LogP contribution >= 0.6 is 0 Å². The van der Waals surface area contributed by atoms with Gasteiger partial charge < -0.3 is 0 Å². The Morgan fingerprint density at radius 2 is 0.0870 bits per heavy atom. The summed E-state index contributed by atoms with van der Waals surface area (Å²) in [6, 6.07) is 0. The molecule has 554 valence electrons. The van der Waals surface area contributed by atoms with E-state index in [4.69, 9.17) is 0 Å². The van der Waals surface area contributed by atoms with Crippen LogP contribution in [0.15, 0.2) is 0 Å². The smallest absolute Gasteiger partial charge is 0.0533 e. The highest BCUT2D eigenvalue weighted by Crippen LogP contribution is 2.23. The summed E-state index contributed by atoms with van der Waals surface area (Å²) in [6.45, 7) is 4.63. The minimum absolute atomic E-state index is 1.37. The van der Waals surface area contributed by atoms with Crippen LogP contribution in [0.3, 0.4) is 0 Å². The van der Waals surface area contributed by atoms with Crippen LogP contribution in [-0.4, -0.2) is 0 Å². The van der Waals surface area contributed by atoms with Crippen LogP contribution in [0.1, 0.15) is 592 Å². The van der Waals surface area contributed by atoms with E-state index in [9.17, 15) is 0 Å². The van der Waals surface area contributed by atoms with Crippen molar-refractivity contribution in [2.75, 3.05) is 0 Å². The van der Waals surface area contributed by atoms with E-state index in [1.54, 1.807) is 0 Å². The molecule has 0 heterocycles. The molecular formula is C92H186. The Labute approximate surface area is 588 Å². The van der Waals surface area contributed by atoms with Gasteiger partial charge in [-0.2, -0.15) is 0 Å². The summed E-state index contributed by atoms with van der Waals surface area (Å²) < 4.78 is 0. The molecule has 0 rings (SSSR count). The lowest BCUT2D eigenvalue weighted by Gasteiger charge is -2.05. The van der Waals surface area contributed by atoms with Crippen LogP contribution in [0.4, 0.5) is 0 Å². The zero-order valence-corrected chi connectivity index (χ0v) is 65.6. The average molecular weight is 1290 g/mol. The van der Waals surface area contributed by atoms with Crippen LogP contribution in [0, 0.1) is 0 Å². The van der Waals surface area contributed by atoms with Crippen molar-refractivity contribution in [3.05, 3.63) is 0 Å². The third-order valence-corrected chi connectivity index (χ3v) is 22.5. The Morgan fingerprint density at radius 3 is 0.120 bits per heavy atom. The summed E-state index contributed by atoms with van der Waals surface area (Å²) in [7, 11) is 0. The molecule has 0 amide bonds. The van der Waals surface area contributed by atoms with Gasteiger partial charge in [0.2, 0.25) is 0 Å². The lowest BCUT2D eigenvalue weighted by atomic mass is 10.0. The van der Waals surface area contributed by atoms with Crippen LogP contribution < -0.4 is 0 Å². The van der Waals surface area contributed by atoms with E-state index in [0.717, 1.165) is 0 Å². The van der Waals surface area contributed by atoms with Crippen molar-refractivity contribution in [3.8, 4) is 0 Å². The molecule has 0 fully saturated rings. The summed E-state index contributed by atoms with van der Waals surface area (Å²) in [5, 5.41) is 0. The van der Waals surface area contributed by atoms with E-state index < -0.39 is 0 Å². The maximum Gasteiger partial charge on any atom is -0.0533 e. The molecule has 0 radical (unpaired) electrons. The number of unbranched alkanes of at least 4 members (excludes halogenated alkanes) is 89. The SMILES string of the molecule is CCCCCCCCCCCCCCCCCCCCCCCCCCCCCCCCCCCCCCCCCCCCCCCCCCCCCCCCCCCCCCCCCCCCCCCCCCCCCCCCCCCCCCCCCCCC. The highest BCUT2D eigenvalue weighted by Gasteiger charge is 2.03. The Balaban J connectivity index is 3.09. The fraction of sp³-hybridized carbons (Fsp3) is 1.00. The van der Waals surface area contributed by atoms with Gasteiger partial charge in [-0.25, -0.2) is 0 Å². The largest absolute Gasteiger partial charge is 0.0654 e. The van der Waals surface area contributed by atoms with Gasteiger partial charge in [-0.05, 0) is 0 Å². The van der Waals surface area contributed by atoms with Gasteiger partial charge >= 0.3 is 0 Å². The normalized spacial score (nSPS) is 11.8. The van der Waals surface area contributed by atoms with E-state index in [2.05, 4.69) is 13.8 Å². The summed E-state index contributed by atoms with van der Waals surface area (Å²) in [5.41, 5.74) is 0. The molecule has 0 nitrogen and oxygen atoms in total. The predicted molar refractivity (Wildman–Crippen MR) is 427 cm³/mol. The van der Waals surface area contributed by atoms with E-state index in [1.807, 2.05) is 0 Å². The van der Waals surface area contributed by atoms with Crippen molar-refractivity contribution < 1.29 is 0 Å². The fourth-order valence-corrected chi connectivity index (χ4v) is 15.7. The molecule has 0 atom stereocenters. The van der Waals surface area contributed by atoms with Gasteiger partial charge in [0.15, 0.2) is 0 Å². The van der Waals surface area contributed by atoms with Crippen LogP contribution in [0.5, 0.6) is 0 Å². The molecule has 0 unspecified atom stereocenters. The Hall–Kier alpha value is 0. The van der Waals surface area contributed by atoms with Crippen molar-refractivity contribution >= 4 is 0 Å². The fourth-order valence-electron chi connectivity index (χ4n) is 15.7. The minimum atomic E-state index is 1.37. The van der Waals surface area contributed by atoms with Crippen molar-refractivity contribution in [2.24, 2.45) is 0 Å². The zero-order valence-electron chi connectivity index (χ0n) is 65.6. The molecule has 0 saturated heterocycles. The second kappa shape index (κ2) is 91.0. The van der Waals surface area contributed by atoms with Gasteiger partial charge in [-0.15, -0.1) is 0 Å². The minimum Gasteiger partial charge on any atom is -0.0654 e. The van der Waals surface area contributed by atoms with Gasteiger partial charge in [0.1, 0.15) is 0 Å². The average Bonchev–Trinajstić information content (AvgIpc) is 3.57. The van der Waals surface area contributed by atoms with Crippen LogP contribution in [-0.2, 0) is 0 Å². The summed E-state index contributed by atoms with van der Waals surface area (Å²) in [6.07, 6.45) is 134. The van der Waals surface area contributed by atoms with Crippen LogP contribution in [0.25, 0.3) is 0 Å². The zero-order chi connectivity index (χ0) is 65.6. The molecule has 0 aliphatic rings. The quantitative estimate of drug-likeness (QED) is 0.0533. The van der Waals surface area contributed by atoms with Crippen molar-refractivity contribution in [3.63, 3.8) is 0 Å². The lowest BCUT2D eigenvalue weighted by molar-refractivity contribution is 0.505. The van der Waals surface area contributed by atoms with Gasteiger partial charge in [-0.1, -0.05) is 592 Å². The Kier molecular flexibility index (Phi) is 91.0. The van der Waals surface area contributed by atoms with Gasteiger partial charge in [0.05, 0.1) is 0 Å². The first kappa shape index (κ1) is 92.0. The molecule has 0 aromatic carbocycles.